The smallest absolute Gasteiger partial charge is 0.279 e. The van der Waals surface area contributed by atoms with Gasteiger partial charge in [-0.3, -0.25) is 4.79 Å². The Labute approximate surface area is 195 Å². The Morgan fingerprint density at radius 3 is 2.39 bits per heavy atom. The van der Waals surface area contributed by atoms with Crippen molar-refractivity contribution in [3.05, 3.63) is 69.5 Å². The van der Waals surface area contributed by atoms with Crippen molar-refractivity contribution in [1.82, 2.24) is 8.87 Å². The monoisotopic (exact) mass is 497 g/mol. The molecule has 3 aromatic rings. The molecule has 0 saturated heterocycles. The first-order chi connectivity index (χ1) is 14.6. The maximum Gasteiger partial charge on any atom is 0.279 e. The van der Waals surface area contributed by atoms with Crippen LogP contribution in [0.5, 0.6) is 0 Å². The van der Waals surface area contributed by atoms with Gasteiger partial charge in [0.25, 0.3) is 5.91 Å². The van der Waals surface area contributed by atoms with Crippen LogP contribution in [-0.4, -0.2) is 36.3 Å². The summed E-state index contributed by atoms with van der Waals surface area (Å²) in [6, 6.07) is 8.93. The molecule has 1 aromatic heterocycles. The van der Waals surface area contributed by atoms with E-state index in [0.29, 0.717) is 26.9 Å². The molecular formula is C21H21Cl2N3O3S2. The van der Waals surface area contributed by atoms with Crippen LogP contribution in [0.15, 0.2) is 58.9 Å². The number of thiazole rings is 1. The normalized spacial score (nSPS) is 12.8. The zero-order valence-electron chi connectivity index (χ0n) is 17.2. The Bertz CT molecular complexity index is 1320. The third kappa shape index (κ3) is 4.63. The molecule has 0 N–H and O–H groups in total. The largest absolute Gasteiger partial charge is 0.311 e. The fourth-order valence-corrected chi connectivity index (χ4v) is 5.88. The van der Waals surface area contributed by atoms with Crippen LogP contribution >= 0.6 is 34.5 Å². The number of rotatable bonds is 6. The molecule has 3 rings (SSSR count). The van der Waals surface area contributed by atoms with Crippen LogP contribution in [0.1, 0.15) is 24.2 Å². The Kier molecular flexibility index (Phi) is 7.08. The van der Waals surface area contributed by atoms with Gasteiger partial charge in [0.1, 0.15) is 0 Å². The van der Waals surface area contributed by atoms with E-state index in [-0.39, 0.29) is 16.5 Å². The number of amides is 1. The van der Waals surface area contributed by atoms with E-state index in [2.05, 4.69) is 11.6 Å². The zero-order chi connectivity index (χ0) is 22.9. The molecule has 0 unspecified atom stereocenters. The van der Waals surface area contributed by atoms with E-state index in [1.807, 2.05) is 0 Å². The molecule has 0 aliphatic rings. The van der Waals surface area contributed by atoms with Gasteiger partial charge in [0.15, 0.2) is 4.80 Å². The van der Waals surface area contributed by atoms with Crippen molar-refractivity contribution in [3.63, 3.8) is 0 Å². The van der Waals surface area contributed by atoms with Gasteiger partial charge < -0.3 is 4.57 Å². The molecule has 0 aliphatic carbocycles. The average molecular weight is 498 g/mol. The molecule has 0 atom stereocenters. The number of carbonyl (C=O) groups is 1. The van der Waals surface area contributed by atoms with Gasteiger partial charge in [-0.15, -0.1) is 6.58 Å². The maximum atomic E-state index is 12.8. The molecule has 2 aromatic carbocycles. The standard InChI is InChI=1S/C21H21Cl2N3O3S2/c1-5-12-26-18-16(22)10-11-17(23)19(18)30-21(26)24-20(27)14-6-8-15(9-7-14)31(28,29)25(4)13(2)3/h5-11,13H,1,12H2,2-4H3. The number of sulfonamides is 1. The highest BCUT2D eigenvalue weighted by molar-refractivity contribution is 7.89. The minimum atomic E-state index is -3.63. The van der Waals surface area contributed by atoms with Crippen molar-refractivity contribution in [2.75, 3.05) is 7.05 Å². The van der Waals surface area contributed by atoms with Gasteiger partial charge in [-0.2, -0.15) is 9.30 Å². The third-order valence-corrected chi connectivity index (χ3v) is 8.63. The highest BCUT2D eigenvalue weighted by atomic mass is 35.5. The minimum absolute atomic E-state index is 0.113. The summed E-state index contributed by atoms with van der Waals surface area (Å²) in [6.45, 7) is 7.72. The zero-order valence-corrected chi connectivity index (χ0v) is 20.3. The molecule has 0 bridgehead atoms. The molecule has 1 heterocycles. The highest BCUT2D eigenvalue weighted by Crippen LogP contribution is 2.32. The van der Waals surface area contributed by atoms with Gasteiger partial charge >= 0.3 is 0 Å². The third-order valence-electron chi connectivity index (χ3n) is 4.74. The van der Waals surface area contributed by atoms with Gasteiger partial charge in [0.2, 0.25) is 10.0 Å². The van der Waals surface area contributed by atoms with E-state index in [4.69, 9.17) is 23.2 Å². The van der Waals surface area contributed by atoms with Gasteiger partial charge in [0, 0.05) is 25.2 Å². The van der Waals surface area contributed by atoms with E-state index >= 15 is 0 Å². The van der Waals surface area contributed by atoms with Gasteiger partial charge in [-0.25, -0.2) is 8.42 Å². The summed E-state index contributed by atoms with van der Waals surface area (Å²) in [4.78, 5) is 17.6. The number of aromatic nitrogens is 1. The number of benzene rings is 2. The van der Waals surface area contributed by atoms with Crippen molar-refractivity contribution < 1.29 is 13.2 Å². The highest BCUT2D eigenvalue weighted by Gasteiger charge is 2.23. The lowest BCUT2D eigenvalue weighted by Gasteiger charge is -2.20. The van der Waals surface area contributed by atoms with Crippen LogP contribution in [-0.2, 0) is 16.6 Å². The molecule has 0 aliphatic heterocycles. The van der Waals surface area contributed by atoms with Crippen LogP contribution in [0, 0.1) is 0 Å². The predicted molar refractivity (Wildman–Crippen MR) is 126 cm³/mol. The van der Waals surface area contributed by atoms with Crippen molar-refractivity contribution in [1.29, 1.82) is 0 Å². The van der Waals surface area contributed by atoms with Gasteiger partial charge in [0.05, 0.1) is 25.2 Å². The number of halogens is 2. The molecule has 10 heteroatoms. The van der Waals surface area contributed by atoms with E-state index in [1.165, 1.54) is 47.0 Å². The molecular weight excluding hydrogens is 477 g/mol. The van der Waals surface area contributed by atoms with Gasteiger partial charge in [-0.1, -0.05) is 40.6 Å². The van der Waals surface area contributed by atoms with E-state index in [9.17, 15) is 13.2 Å². The Morgan fingerprint density at radius 1 is 1.19 bits per heavy atom. The van der Waals surface area contributed by atoms with Crippen molar-refractivity contribution >= 4 is 60.7 Å². The number of carbonyl (C=O) groups excluding carboxylic acids is 1. The SMILES string of the molecule is C=CCn1c(=NC(=O)c2ccc(S(=O)(=O)N(C)C(C)C)cc2)sc2c(Cl)ccc(Cl)c21. The van der Waals surface area contributed by atoms with Crippen molar-refractivity contribution in [2.24, 2.45) is 4.99 Å². The van der Waals surface area contributed by atoms with Crippen LogP contribution in [0.4, 0.5) is 0 Å². The average Bonchev–Trinajstić information content (AvgIpc) is 3.09. The Balaban J connectivity index is 2.04. The summed E-state index contributed by atoms with van der Waals surface area (Å²) >= 11 is 13.9. The molecule has 164 valence electrons. The fraction of sp³-hybridized carbons (Fsp3) is 0.238. The second kappa shape index (κ2) is 9.26. The topological polar surface area (TPSA) is 71.7 Å². The summed E-state index contributed by atoms with van der Waals surface area (Å²) in [5, 5.41) is 1.01. The number of nitrogens with zero attached hydrogens (tertiary/aromatic N) is 3. The molecule has 0 saturated carbocycles. The van der Waals surface area contributed by atoms with E-state index in [0.717, 1.165) is 4.70 Å². The van der Waals surface area contributed by atoms with Crippen LogP contribution in [0.25, 0.3) is 10.2 Å². The van der Waals surface area contributed by atoms with Crippen LogP contribution in [0.3, 0.4) is 0 Å². The minimum Gasteiger partial charge on any atom is -0.311 e. The lowest BCUT2D eigenvalue weighted by Crippen LogP contribution is -2.33. The molecule has 31 heavy (non-hydrogen) atoms. The summed E-state index contributed by atoms with van der Waals surface area (Å²) in [7, 11) is -2.11. The summed E-state index contributed by atoms with van der Waals surface area (Å²) in [6.07, 6.45) is 1.68. The maximum absolute atomic E-state index is 12.8. The Morgan fingerprint density at radius 2 is 1.81 bits per heavy atom. The lowest BCUT2D eigenvalue weighted by atomic mass is 10.2. The summed E-state index contributed by atoms with van der Waals surface area (Å²) < 4.78 is 29.0. The first kappa shape index (κ1) is 23.7. The second-order valence-electron chi connectivity index (χ2n) is 7.05. The lowest BCUT2D eigenvalue weighted by molar-refractivity contribution is 0.0997. The Hall–Kier alpha value is -1.97. The van der Waals surface area contributed by atoms with E-state index < -0.39 is 15.9 Å². The quantitative estimate of drug-likeness (QED) is 0.451. The fourth-order valence-electron chi connectivity index (χ4n) is 2.86. The predicted octanol–water partition coefficient (Wildman–Crippen LogP) is 4.97. The van der Waals surface area contributed by atoms with Crippen molar-refractivity contribution in [2.45, 2.75) is 31.3 Å². The molecule has 6 nitrogen and oxygen atoms in total. The number of hydrogen-bond donors (Lipinski definition) is 0. The van der Waals surface area contributed by atoms with Crippen molar-refractivity contribution in [3.8, 4) is 0 Å². The summed E-state index contributed by atoms with van der Waals surface area (Å²) in [5.74, 6) is -0.502. The van der Waals surface area contributed by atoms with Crippen LogP contribution in [0.2, 0.25) is 10.0 Å². The number of hydrogen-bond acceptors (Lipinski definition) is 4. The molecule has 0 fully saturated rings. The van der Waals surface area contributed by atoms with Crippen LogP contribution < -0.4 is 4.80 Å². The molecule has 0 radical (unpaired) electrons. The number of fused-ring (bicyclic) bond motifs is 1. The number of allylic oxidation sites excluding steroid dienone is 1. The van der Waals surface area contributed by atoms with E-state index in [1.54, 1.807) is 36.6 Å². The van der Waals surface area contributed by atoms with Gasteiger partial charge in [-0.05, 0) is 50.2 Å². The first-order valence-electron chi connectivity index (χ1n) is 9.33. The first-order valence-corrected chi connectivity index (χ1v) is 12.3. The summed E-state index contributed by atoms with van der Waals surface area (Å²) in [5.41, 5.74) is 0.953. The molecule has 1 amide bonds. The second-order valence-corrected chi connectivity index (χ2v) is 10.8. The molecule has 0 spiro atoms.